The van der Waals surface area contributed by atoms with E-state index in [1.807, 2.05) is 49.4 Å². The van der Waals surface area contributed by atoms with Crippen molar-refractivity contribution in [1.82, 2.24) is 5.32 Å². The number of hydrogen-bond donors (Lipinski definition) is 1. The Hall–Kier alpha value is -2.03. The molecule has 1 amide bonds. The molecule has 94 valence electrons. The van der Waals surface area contributed by atoms with Gasteiger partial charge in [0.25, 0.3) is 5.91 Å². The summed E-state index contributed by atoms with van der Waals surface area (Å²) in [6.45, 7) is 2.78. The molecule has 2 aromatic rings. The standard InChI is InChI=1S/C15H17NO2/c1-2-10-16-15(17)11-18-14-9-5-7-12-6-3-4-8-13(12)14/h3-9H,2,10-11H2,1H3,(H,16,17). The molecule has 0 bridgehead atoms. The van der Waals surface area contributed by atoms with Gasteiger partial charge in [0, 0.05) is 11.9 Å². The molecule has 0 saturated heterocycles. The number of nitrogens with one attached hydrogen (secondary N) is 1. The lowest BCUT2D eigenvalue weighted by Crippen LogP contribution is -2.29. The highest BCUT2D eigenvalue weighted by atomic mass is 16.5. The van der Waals surface area contributed by atoms with Crippen LogP contribution in [-0.4, -0.2) is 19.1 Å². The van der Waals surface area contributed by atoms with Gasteiger partial charge in [-0.05, 0) is 17.9 Å². The molecule has 1 N–H and O–H groups in total. The molecular formula is C15H17NO2. The van der Waals surface area contributed by atoms with Gasteiger partial charge in [-0.2, -0.15) is 0 Å². The van der Waals surface area contributed by atoms with E-state index in [4.69, 9.17) is 4.74 Å². The van der Waals surface area contributed by atoms with Gasteiger partial charge >= 0.3 is 0 Å². The molecule has 0 spiro atoms. The summed E-state index contributed by atoms with van der Waals surface area (Å²) in [6, 6.07) is 13.8. The minimum atomic E-state index is -0.0789. The number of carbonyl (C=O) groups is 1. The minimum Gasteiger partial charge on any atom is -0.483 e. The number of ether oxygens (including phenoxy) is 1. The van der Waals surface area contributed by atoms with E-state index in [2.05, 4.69) is 5.32 Å². The molecule has 0 radical (unpaired) electrons. The Morgan fingerprint density at radius 1 is 1.17 bits per heavy atom. The van der Waals surface area contributed by atoms with Gasteiger partial charge < -0.3 is 10.1 Å². The maximum absolute atomic E-state index is 11.5. The van der Waals surface area contributed by atoms with Crippen LogP contribution in [0.15, 0.2) is 42.5 Å². The summed E-state index contributed by atoms with van der Waals surface area (Å²) in [5.41, 5.74) is 0. The van der Waals surface area contributed by atoms with Crippen LogP contribution >= 0.6 is 0 Å². The molecule has 0 aliphatic rings. The molecule has 18 heavy (non-hydrogen) atoms. The van der Waals surface area contributed by atoms with E-state index in [1.54, 1.807) is 0 Å². The summed E-state index contributed by atoms with van der Waals surface area (Å²) in [6.07, 6.45) is 0.931. The van der Waals surface area contributed by atoms with Crippen molar-refractivity contribution in [2.45, 2.75) is 13.3 Å². The van der Waals surface area contributed by atoms with Crippen LogP contribution < -0.4 is 10.1 Å². The summed E-state index contributed by atoms with van der Waals surface area (Å²) in [5.74, 6) is 0.671. The van der Waals surface area contributed by atoms with Crippen molar-refractivity contribution in [1.29, 1.82) is 0 Å². The molecule has 0 aliphatic carbocycles. The van der Waals surface area contributed by atoms with Crippen molar-refractivity contribution in [2.24, 2.45) is 0 Å². The van der Waals surface area contributed by atoms with Gasteiger partial charge in [0.15, 0.2) is 6.61 Å². The van der Waals surface area contributed by atoms with Crippen LogP contribution in [0.25, 0.3) is 10.8 Å². The zero-order valence-electron chi connectivity index (χ0n) is 10.5. The first-order valence-electron chi connectivity index (χ1n) is 6.18. The Kier molecular flexibility index (Phi) is 4.18. The van der Waals surface area contributed by atoms with E-state index in [1.165, 1.54) is 0 Å². The highest BCUT2D eigenvalue weighted by molar-refractivity contribution is 5.88. The van der Waals surface area contributed by atoms with Gasteiger partial charge in [-0.15, -0.1) is 0 Å². The first kappa shape index (κ1) is 12.4. The molecule has 2 rings (SSSR count). The molecule has 0 aromatic heterocycles. The summed E-state index contributed by atoms with van der Waals surface area (Å²) in [5, 5.41) is 4.93. The van der Waals surface area contributed by atoms with Gasteiger partial charge in [0.2, 0.25) is 0 Å². The van der Waals surface area contributed by atoms with E-state index in [0.29, 0.717) is 6.54 Å². The second-order valence-electron chi connectivity index (χ2n) is 4.12. The van der Waals surface area contributed by atoms with E-state index in [-0.39, 0.29) is 12.5 Å². The maximum atomic E-state index is 11.5. The van der Waals surface area contributed by atoms with Gasteiger partial charge in [-0.3, -0.25) is 4.79 Å². The van der Waals surface area contributed by atoms with Crippen LogP contribution in [0.5, 0.6) is 5.75 Å². The smallest absolute Gasteiger partial charge is 0.257 e. The lowest BCUT2D eigenvalue weighted by molar-refractivity contribution is -0.123. The van der Waals surface area contributed by atoms with E-state index >= 15 is 0 Å². The number of fused-ring (bicyclic) bond motifs is 1. The molecule has 0 saturated carbocycles. The highest BCUT2D eigenvalue weighted by Crippen LogP contribution is 2.24. The van der Waals surface area contributed by atoms with Crippen molar-refractivity contribution in [3.63, 3.8) is 0 Å². The lowest BCUT2D eigenvalue weighted by Gasteiger charge is -2.09. The molecule has 0 aliphatic heterocycles. The van der Waals surface area contributed by atoms with Crippen molar-refractivity contribution < 1.29 is 9.53 Å². The molecule has 0 unspecified atom stereocenters. The fraction of sp³-hybridized carbons (Fsp3) is 0.267. The Labute approximate surface area is 107 Å². The molecular weight excluding hydrogens is 226 g/mol. The third-order valence-electron chi connectivity index (χ3n) is 2.68. The monoisotopic (exact) mass is 243 g/mol. The number of amides is 1. The van der Waals surface area contributed by atoms with Gasteiger partial charge in [0.1, 0.15) is 5.75 Å². The number of hydrogen-bond acceptors (Lipinski definition) is 2. The number of carbonyl (C=O) groups excluding carboxylic acids is 1. The predicted octanol–water partition coefficient (Wildman–Crippen LogP) is 2.74. The van der Waals surface area contributed by atoms with Crippen molar-refractivity contribution in [3.8, 4) is 5.75 Å². The fourth-order valence-electron chi connectivity index (χ4n) is 1.78. The zero-order valence-corrected chi connectivity index (χ0v) is 10.5. The summed E-state index contributed by atoms with van der Waals surface area (Å²) >= 11 is 0. The summed E-state index contributed by atoms with van der Waals surface area (Å²) in [4.78, 5) is 11.5. The first-order chi connectivity index (χ1) is 8.81. The first-order valence-corrected chi connectivity index (χ1v) is 6.18. The van der Waals surface area contributed by atoms with E-state index in [0.717, 1.165) is 22.9 Å². The normalized spacial score (nSPS) is 10.3. The minimum absolute atomic E-state index is 0.0635. The molecule has 3 heteroatoms. The Morgan fingerprint density at radius 3 is 2.78 bits per heavy atom. The Bertz CT molecular complexity index is 532. The van der Waals surface area contributed by atoms with Crippen LogP contribution in [0.4, 0.5) is 0 Å². The largest absolute Gasteiger partial charge is 0.483 e. The Morgan fingerprint density at radius 2 is 1.94 bits per heavy atom. The van der Waals surface area contributed by atoms with E-state index in [9.17, 15) is 4.79 Å². The van der Waals surface area contributed by atoms with E-state index < -0.39 is 0 Å². The van der Waals surface area contributed by atoms with Crippen LogP contribution in [0.1, 0.15) is 13.3 Å². The topological polar surface area (TPSA) is 38.3 Å². The molecule has 0 atom stereocenters. The van der Waals surface area contributed by atoms with Crippen molar-refractivity contribution in [2.75, 3.05) is 13.2 Å². The third-order valence-corrected chi connectivity index (χ3v) is 2.68. The highest BCUT2D eigenvalue weighted by Gasteiger charge is 2.04. The number of rotatable bonds is 5. The Balaban J connectivity index is 2.05. The second kappa shape index (κ2) is 6.05. The average molecular weight is 243 g/mol. The fourth-order valence-corrected chi connectivity index (χ4v) is 1.78. The maximum Gasteiger partial charge on any atom is 0.257 e. The summed E-state index contributed by atoms with van der Waals surface area (Å²) in [7, 11) is 0. The van der Waals surface area contributed by atoms with Crippen LogP contribution in [0.3, 0.4) is 0 Å². The lowest BCUT2D eigenvalue weighted by atomic mass is 10.1. The van der Waals surface area contributed by atoms with Gasteiger partial charge in [-0.1, -0.05) is 43.3 Å². The summed E-state index contributed by atoms with van der Waals surface area (Å²) < 4.78 is 5.57. The second-order valence-corrected chi connectivity index (χ2v) is 4.12. The molecule has 0 heterocycles. The van der Waals surface area contributed by atoms with Gasteiger partial charge in [-0.25, -0.2) is 0 Å². The third kappa shape index (κ3) is 3.00. The molecule has 2 aromatic carbocycles. The van der Waals surface area contributed by atoms with Crippen LogP contribution in [0, 0.1) is 0 Å². The quantitative estimate of drug-likeness (QED) is 0.877. The van der Waals surface area contributed by atoms with Crippen molar-refractivity contribution in [3.05, 3.63) is 42.5 Å². The number of benzene rings is 2. The molecule has 3 nitrogen and oxygen atoms in total. The SMILES string of the molecule is CCCNC(=O)COc1cccc2ccccc12. The predicted molar refractivity (Wildman–Crippen MR) is 72.7 cm³/mol. The zero-order chi connectivity index (χ0) is 12.8. The van der Waals surface area contributed by atoms with Crippen molar-refractivity contribution >= 4 is 16.7 Å². The van der Waals surface area contributed by atoms with Crippen LogP contribution in [0.2, 0.25) is 0 Å². The van der Waals surface area contributed by atoms with Crippen LogP contribution in [-0.2, 0) is 4.79 Å². The average Bonchev–Trinajstić information content (AvgIpc) is 2.42. The van der Waals surface area contributed by atoms with Gasteiger partial charge in [0.05, 0.1) is 0 Å². The molecule has 0 fully saturated rings.